The molecule has 1 saturated carbocycles. The molecule has 8 heteroatoms. The highest BCUT2D eigenvalue weighted by Gasteiger charge is 2.70. The summed E-state index contributed by atoms with van der Waals surface area (Å²) in [6.07, 6.45) is 9.57. The van der Waals surface area contributed by atoms with Gasteiger partial charge in [-0.15, -0.1) is 0 Å². The molecule has 5 aliphatic rings. The van der Waals surface area contributed by atoms with Gasteiger partial charge < -0.3 is 30.2 Å². The van der Waals surface area contributed by atoms with Gasteiger partial charge in [-0.3, -0.25) is 0 Å². The molecular weight excluding hydrogens is 474 g/mol. The number of ether oxygens (including phenoxy) is 3. The van der Waals surface area contributed by atoms with Crippen LogP contribution in [-0.4, -0.2) is 46.5 Å². The zero-order chi connectivity index (χ0) is 26.1. The third-order valence-electron chi connectivity index (χ3n) is 9.44. The number of hydrogen-bond acceptors (Lipinski definition) is 8. The Hall–Kier alpha value is -3.10. The van der Waals surface area contributed by atoms with E-state index in [4.69, 9.17) is 19.9 Å². The average Bonchev–Trinajstić information content (AvgIpc) is 3.24. The maximum Gasteiger partial charge on any atom is 0.353 e. The molecule has 0 saturated heterocycles. The number of hydrogen-bond donors (Lipinski definition) is 3. The van der Waals surface area contributed by atoms with Gasteiger partial charge >= 0.3 is 11.9 Å². The van der Waals surface area contributed by atoms with E-state index in [1.54, 1.807) is 18.2 Å². The molecule has 0 aromatic heterocycles. The predicted octanol–water partition coefficient (Wildman–Crippen LogP) is 2.95. The lowest BCUT2D eigenvalue weighted by Gasteiger charge is -2.62. The molecule has 0 amide bonds. The van der Waals surface area contributed by atoms with Crippen molar-refractivity contribution in [3.63, 3.8) is 0 Å². The molecule has 4 unspecified atom stereocenters. The third kappa shape index (κ3) is 3.35. The summed E-state index contributed by atoms with van der Waals surface area (Å²) in [4.78, 5) is 25.8. The fraction of sp³-hybridized carbons (Fsp3) is 0.517. The molecule has 2 bridgehead atoms. The quantitative estimate of drug-likeness (QED) is 0.519. The molecule has 1 aromatic carbocycles. The van der Waals surface area contributed by atoms with Crippen LogP contribution in [0.3, 0.4) is 0 Å². The lowest BCUT2D eigenvalue weighted by molar-refractivity contribution is -0.175. The van der Waals surface area contributed by atoms with Crippen molar-refractivity contribution >= 4 is 11.9 Å². The first-order valence-corrected chi connectivity index (χ1v) is 13.1. The number of aliphatic hydroxyl groups is 1. The van der Waals surface area contributed by atoms with Gasteiger partial charge in [-0.1, -0.05) is 37.3 Å². The van der Waals surface area contributed by atoms with E-state index in [-0.39, 0.29) is 23.1 Å². The maximum atomic E-state index is 13.6. The van der Waals surface area contributed by atoms with Gasteiger partial charge in [0.1, 0.15) is 11.9 Å². The average molecular weight is 508 g/mol. The van der Waals surface area contributed by atoms with Crippen molar-refractivity contribution in [2.24, 2.45) is 23.0 Å². The Morgan fingerprint density at radius 1 is 1.24 bits per heavy atom. The molecule has 0 radical (unpaired) electrons. The van der Waals surface area contributed by atoms with E-state index in [1.807, 2.05) is 24.3 Å². The van der Waals surface area contributed by atoms with Crippen LogP contribution in [0.4, 0.5) is 0 Å². The van der Waals surface area contributed by atoms with Crippen LogP contribution in [0.2, 0.25) is 0 Å². The second kappa shape index (κ2) is 8.46. The number of phenols is 1. The summed E-state index contributed by atoms with van der Waals surface area (Å²) in [6, 6.07) is 3.68. The summed E-state index contributed by atoms with van der Waals surface area (Å²) >= 11 is 0. The summed E-state index contributed by atoms with van der Waals surface area (Å²) in [6.45, 7) is 3.54. The Bertz CT molecular complexity index is 1250. The lowest BCUT2D eigenvalue weighted by atomic mass is 9.41. The summed E-state index contributed by atoms with van der Waals surface area (Å²) < 4.78 is 17.9. The first-order valence-electron chi connectivity index (χ1n) is 13.1. The fourth-order valence-corrected chi connectivity index (χ4v) is 7.56. The van der Waals surface area contributed by atoms with Gasteiger partial charge in [0.05, 0.1) is 0 Å². The minimum absolute atomic E-state index is 0.0511. The summed E-state index contributed by atoms with van der Waals surface area (Å²) in [7, 11) is 0. The number of aromatic hydroxyl groups is 1. The highest BCUT2D eigenvalue weighted by molar-refractivity contribution is 5.82. The molecule has 4 aliphatic carbocycles. The third-order valence-corrected chi connectivity index (χ3v) is 9.44. The summed E-state index contributed by atoms with van der Waals surface area (Å²) in [5.41, 5.74) is 8.08. The van der Waals surface area contributed by atoms with Crippen molar-refractivity contribution in [3.05, 3.63) is 59.4 Å². The van der Waals surface area contributed by atoms with Crippen LogP contribution in [-0.2, 0) is 30.9 Å². The minimum Gasteiger partial charge on any atom is -0.504 e. The molecule has 1 aromatic rings. The van der Waals surface area contributed by atoms with Gasteiger partial charge in [-0.25, -0.2) is 9.59 Å². The second-order valence-electron chi connectivity index (χ2n) is 11.3. The standard InChI is InChI=1S/C29H33NO7/c1-15(31)26(33)37-23(16-6-4-3-5-7-16)27(34)35-21-11-12-28(2)18-14-17-8-9-20(32)24-22(17)29(28,25(21)36-24)13-10-19(18)30/h3-6,8-9,11,15-16,18-19,23,25,31-32H,7,10,12-14,30H2,1-2H3/t15-,16?,18-,19?,23-,25?,28-,29?/m0/s1. The van der Waals surface area contributed by atoms with Crippen LogP contribution in [0, 0.1) is 17.3 Å². The van der Waals surface area contributed by atoms with Gasteiger partial charge in [-0.05, 0) is 68.1 Å². The van der Waals surface area contributed by atoms with Gasteiger partial charge in [0.2, 0.25) is 6.10 Å². The number of phenolic OH excluding ortho intramolecular Hbond substituents is 1. The van der Waals surface area contributed by atoms with E-state index in [9.17, 15) is 19.8 Å². The maximum absolute atomic E-state index is 13.6. The molecular formula is C29H33NO7. The van der Waals surface area contributed by atoms with Crippen molar-refractivity contribution in [1.82, 2.24) is 0 Å². The Balaban J connectivity index is 1.37. The smallest absolute Gasteiger partial charge is 0.353 e. The normalized spacial score (nSPS) is 36.1. The van der Waals surface area contributed by atoms with E-state index >= 15 is 0 Å². The molecule has 196 valence electrons. The van der Waals surface area contributed by atoms with Crippen LogP contribution >= 0.6 is 0 Å². The Kier molecular flexibility index (Phi) is 5.55. The van der Waals surface area contributed by atoms with Crippen LogP contribution in [0.15, 0.2) is 48.3 Å². The number of benzene rings is 1. The van der Waals surface area contributed by atoms with Crippen molar-refractivity contribution in [1.29, 1.82) is 0 Å². The van der Waals surface area contributed by atoms with Crippen molar-refractivity contribution < 1.29 is 34.0 Å². The van der Waals surface area contributed by atoms with Crippen LogP contribution in [0.5, 0.6) is 11.5 Å². The monoisotopic (exact) mass is 507 g/mol. The molecule has 1 heterocycles. The minimum atomic E-state index is -1.37. The Morgan fingerprint density at radius 2 is 2.05 bits per heavy atom. The van der Waals surface area contributed by atoms with Gasteiger partial charge in [0.15, 0.2) is 17.6 Å². The van der Waals surface area contributed by atoms with Crippen molar-refractivity contribution in [2.75, 3.05) is 0 Å². The largest absolute Gasteiger partial charge is 0.504 e. The number of rotatable bonds is 5. The fourth-order valence-electron chi connectivity index (χ4n) is 7.56. The van der Waals surface area contributed by atoms with E-state index in [0.717, 1.165) is 30.4 Å². The SMILES string of the molecule is C[C@H](O)C(=O)O[C@H](C(=O)OC1=CC[C@@]2(C)[C@H]3Cc4ccc(O)c5c4C2(CCC3N)C1O5)C1C=CC=CC1. The summed E-state index contributed by atoms with van der Waals surface area (Å²) in [5.74, 6) is -0.887. The van der Waals surface area contributed by atoms with Crippen LogP contribution in [0.1, 0.15) is 50.7 Å². The number of allylic oxidation sites excluding steroid dienone is 4. The molecule has 4 N–H and O–H groups in total. The second-order valence-corrected chi connectivity index (χ2v) is 11.3. The molecule has 8 nitrogen and oxygen atoms in total. The molecule has 8 atom stereocenters. The molecule has 37 heavy (non-hydrogen) atoms. The Morgan fingerprint density at radius 3 is 2.78 bits per heavy atom. The molecule has 6 rings (SSSR count). The van der Waals surface area contributed by atoms with Crippen LogP contribution < -0.4 is 10.5 Å². The van der Waals surface area contributed by atoms with Gasteiger partial charge in [-0.2, -0.15) is 0 Å². The highest BCUT2D eigenvalue weighted by atomic mass is 16.6. The molecule has 1 aliphatic heterocycles. The number of nitrogens with two attached hydrogens (primary N) is 1. The first-order chi connectivity index (χ1) is 17.7. The van der Waals surface area contributed by atoms with Crippen molar-refractivity contribution in [2.45, 2.75) is 75.7 Å². The predicted molar refractivity (Wildman–Crippen MR) is 133 cm³/mol. The van der Waals surface area contributed by atoms with Crippen LogP contribution in [0.25, 0.3) is 0 Å². The topological polar surface area (TPSA) is 128 Å². The number of esters is 2. The van der Waals surface area contributed by atoms with E-state index in [0.29, 0.717) is 24.4 Å². The molecule has 1 spiro atoms. The zero-order valence-corrected chi connectivity index (χ0v) is 21.1. The molecule has 1 fully saturated rings. The number of carbonyl (C=O) groups excluding carboxylic acids is 2. The van der Waals surface area contributed by atoms with E-state index in [1.165, 1.54) is 6.92 Å². The lowest BCUT2D eigenvalue weighted by Crippen LogP contribution is -2.66. The van der Waals surface area contributed by atoms with Crippen molar-refractivity contribution in [3.8, 4) is 11.5 Å². The highest BCUT2D eigenvalue weighted by Crippen LogP contribution is 2.70. The number of carbonyl (C=O) groups is 2. The van der Waals surface area contributed by atoms with Gasteiger partial charge in [0.25, 0.3) is 0 Å². The summed E-state index contributed by atoms with van der Waals surface area (Å²) in [5, 5.41) is 20.5. The Labute approximate surface area is 215 Å². The zero-order valence-electron chi connectivity index (χ0n) is 21.1. The van der Waals surface area contributed by atoms with E-state index in [2.05, 4.69) is 6.92 Å². The van der Waals surface area contributed by atoms with Gasteiger partial charge in [0, 0.05) is 22.9 Å². The van der Waals surface area contributed by atoms with E-state index < -0.39 is 41.6 Å². The first kappa shape index (κ1) is 24.2. The number of aliphatic hydroxyl groups excluding tert-OH is 1.